The summed E-state index contributed by atoms with van der Waals surface area (Å²) in [5.41, 5.74) is 1.25. The number of aromatic nitrogens is 1. The van der Waals surface area contributed by atoms with Crippen molar-refractivity contribution in [2.45, 2.75) is 6.54 Å². The van der Waals surface area contributed by atoms with Gasteiger partial charge in [-0.2, -0.15) is 0 Å². The molecule has 0 spiro atoms. The Morgan fingerprint density at radius 3 is 2.33 bits per heavy atom. The minimum absolute atomic E-state index is 0.820. The molecule has 0 aliphatic heterocycles. The number of anilines is 1. The average Bonchev–Trinajstić information content (AvgIpc) is 2.32. The minimum Gasteiger partial charge on any atom is -0.354 e. The van der Waals surface area contributed by atoms with Crippen LogP contribution in [-0.2, 0) is 6.54 Å². The molecule has 1 aromatic heterocycles. The highest BCUT2D eigenvalue weighted by Gasteiger charge is 2.08. The number of pyridine rings is 1. The minimum atomic E-state index is 0.820. The molecule has 5 heteroatoms. The largest absolute Gasteiger partial charge is 0.354 e. The van der Waals surface area contributed by atoms with Crippen molar-refractivity contribution in [2.75, 3.05) is 11.9 Å². The van der Waals surface area contributed by atoms with Crippen molar-refractivity contribution in [1.82, 2.24) is 4.98 Å². The predicted octanol–water partition coefficient (Wildman–Crippen LogP) is 5.01. The Labute approximate surface area is 132 Å². The fourth-order valence-corrected chi connectivity index (χ4v) is 3.18. The van der Waals surface area contributed by atoms with Crippen molar-refractivity contribution in [3.63, 3.8) is 0 Å². The first-order valence-electron chi connectivity index (χ1n) is 5.33. The van der Waals surface area contributed by atoms with Crippen LogP contribution in [0.5, 0.6) is 0 Å². The van der Waals surface area contributed by atoms with Gasteiger partial charge in [0.05, 0.1) is 4.47 Å². The van der Waals surface area contributed by atoms with Crippen molar-refractivity contribution in [2.24, 2.45) is 0 Å². The molecular formula is C13H11Br3N2. The van der Waals surface area contributed by atoms with E-state index in [0.29, 0.717) is 0 Å². The van der Waals surface area contributed by atoms with Crippen LogP contribution in [-0.4, -0.2) is 12.0 Å². The molecule has 0 aliphatic carbocycles. The molecule has 0 bridgehead atoms. The van der Waals surface area contributed by atoms with E-state index in [2.05, 4.69) is 69.8 Å². The van der Waals surface area contributed by atoms with Crippen molar-refractivity contribution in [1.29, 1.82) is 0 Å². The average molecular weight is 435 g/mol. The molecule has 18 heavy (non-hydrogen) atoms. The van der Waals surface area contributed by atoms with Gasteiger partial charge in [0.25, 0.3) is 0 Å². The molecule has 0 aliphatic rings. The van der Waals surface area contributed by atoms with Gasteiger partial charge in [-0.05, 0) is 55.6 Å². The molecule has 0 N–H and O–H groups in total. The Morgan fingerprint density at radius 1 is 1.06 bits per heavy atom. The summed E-state index contributed by atoms with van der Waals surface area (Å²) in [5, 5.41) is 0. The standard InChI is InChI=1S/C13H11Br3N2/c1-18(8-9-2-4-10(14)5-3-9)13-12(16)6-11(15)7-17-13/h2-7H,8H2,1H3. The lowest BCUT2D eigenvalue weighted by Crippen LogP contribution is -2.18. The van der Waals surface area contributed by atoms with Gasteiger partial charge in [-0.25, -0.2) is 4.98 Å². The Bertz CT molecular complexity index is 540. The lowest BCUT2D eigenvalue weighted by molar-refractivity contribution is 0.893. The molecule has 0 atom stereocenters. The Hall–Kier alpha value is -0.390. The van der Waals surface area contributed by atoms with Gasteiger partial charge < -0.3 is 4.90 Å². The van der Waals surface area contributed by atoms with E-state index in [1.54, 1.807) is 6.20 Å². The summed E-state index contributed by atoms with van der Waals surface area (Å²) in [6.07, 6.45) is 1.80. The first-order valence-corrected chi connectivity index (χ1v) is 7.71. The Morgan fingerprint density at radius 2 is 1.72 bits per heavy atom. The summed E-state index contributed by atoms with van der Waals surface area (Å²) in [4.78, 5) is 6.53. The predicted molar refractivity (Wildman–Crippen MR) is 85.9 cm³/mol. The summed E-state index contributed by atoms with van der Waals surface area (Å²) in [6, 6.07) is 10.3. The third kappa shape index (κ3) is 3.56. The van der Waals surface area contributed by atoms with E-state index in [4.69, 9.17) is 0 Å². The number of nitrogens with zero attached hydrogens (tertiary/aromatic N) is 2. The summed E-state index contributed by atoms with van der Waals surface area (Å²) < 4.78 is 3.04. The van der Waals surface area contributed by atoms with Gasteiger partial charge in [0, 0.05) is 28.7 Å². The van der Waals surface area contributed by atoms with Crippen molar-refractivity contribution in [3.8, 4) is 0 Å². The van der Waals surface area contributed by atoms with Gasteiger partial charge in [-0.15, -0.1) is 0 Å². The van der Waals surface area contributed by atoms with Crippen LogP contribution in [0.1, 0.15) is 5.56 Å². The van der Waals surface area contributed by atoms with E-state index in [1.807, 2.05) is 25.2 Å². The molecule has 0 unspecified atom stereocenters. The first kappa shape index (κ1) is 14.0. The lowest BCUT2D eigenvalue weighted by atomic mass is 10.2. The molecule has 2 rings (SSSR count). The van der Waals surface area contributed by atoms with Crippen LogP contribution >= 0.6 is 47.8 Å². The van der Waals surface area contributed by atoms with Gasteiger partial charge in [-0.1, -0.05) is 28.1 Å². The quantitative estimate of drug-likeness (QED) is 0.675. The van der Waals surface area contributed by atoms with E-state index in [-0.39, 0.29) is 0 Å². The van der Waals surface area contributed by atoms with Crippen LogP contribution in [0.3, 0.4) is 0 Å². The highest BCUT2D eigenvalue weighted by molar-refractivity contribution is 9.11. The van der Waals surface area contributed by atoms with Crippen molar-refractivity contribution in [3.05, 3.63) is 55.5 Å². The second kappa shape index (κ2) is 6.17. The SMILES string of the molecule is CN(Cc1ccc(Br)cc1)c1ncc(Br)cc1Br. The summed E-state index contributed by atoms with van der Waals surface area (Å²) in [6.45, 7) is 0.820. The van der Waals surface area contributed by atoms with Gasteiger partial charge in [0.15, 0.2) is 0 Å². The second-order valence-electron chi connectivity index (χ2n) is 3.94. The zero-order valence-corrected chi connectivity index (χ0v) is 14.5. The fraction of sp³-hybridized carbons (Fsp3) is 0.154. The fourth-order valence-electron chi connectivity index (χ4n) is 1.63. The van der Waals surface area contributed by atoms with Gasteiger partial charge in [-0.3, -0.25) is 0 Å². The van der Waals surface area contributed by atoms with E-state index in [1.165, 1.54) is 5.56 Å². The molecule has 2 aromatic rings. The number of halogens is 3. The number of rotatable bonds is 3. The number of hydrogen-bond donors (Lipinski definition) is 0. The van der Waals surface area contributed by atoms with E-state index < -0.39 is 0 Å². The molecule has 0 amide bonds. The van der Waals surface area contributed by atoms with E-state index >= 15 is 0 Å². The third-order valence-electron chi connectivity index (χ3n) is 2.48. The van der Waals surface area contributed by atoms with Gasteiger partial charge in [0.2, 0.25) is 0 Å². The Kier molecular flexibility index (Phi) is 4.81. The maximum Gasteiger partial charge on any atom is 0.142 e. The van der Waals surface area contributed by atoms with Crippen LogP contribution in [0.4, 0.5) is 5.82 Å². The zero-order chi connectivity index (χ0) is 13.1. The van der Waals surface area contributed by atoms with Crippen molar-refractivity contribution < 1.29 is 0 Å². The van der Waals surface area contributed by atoms with Crippen LogP contribution in [0.25, 0.3) is 0 Å². The van der Waals surface area contributed by atoms with E-state index in [0.717, 1.165) is 25.8 Å². The zero-order valence-electron chi connectivity index (χ0n) is 9.70. The molecule has 1 heterocycles. The molecule has 0 fully saturated rings. The molecule has 94 valence electrons. The maximum atomic E-state index is 4.41. The van der Waals surface area contributed by atoms with Gasteiger partial charge >= 0.3 is 0 Å². The maximum absolute atomic E-state index is 4.41. The first-order chi connectivity index (χ1) is 8.56. The molecule has 1 aromatic carbocycles. The van der Waals surface area contributed by atoms with Crippen molar-refractivity contribution >= 4 is 53.6 Å². The van der Waals surface area contributed by atoms with Crippen LogP contribution in [0.2, 0.25) is 0 Å². The van der Waals surface area contributed by atoms with Gasteiger partial charge in [0.1, 0.15) is 5.82 Å². The Balaban J connectivity index is 2.16. The molecule has 0 radical (unpaired) electrons. The third-order valence-corrected chi connectivity index (χ3v) is 4.03. The molecule has 0 saturated heterocycles. The van der Waals surface area contributed by atoms with Crippen LogP contribution < -0.4 is 4.90 Å². The monoisotopic (exact) mass is 432 g/mol. The molecule has 2 nitrogen and oxygen atoms in total. The lowest BCUT2D eigenvalue weighted by Gasteiger charge is -2.19. The highest BCUT2D eigenvalue weighted by Crippen LogP contribution is 2.27. The van der Waals surface area contributed by atoms with Crippen LogP contribution in [0, 0.1) is 0 Å². The molecular weight excluding hydrogens is 424 g/mol. The number of benzene rings is 1. The highest BCUT2D eigenvalue weighted by atomic mass is 79.9. The number of hydrogen-bond acceptors (Lipinski definition) is 2. The summed E-state index contributed by atoms with van der Waals surface area (Å²) in [5.74, 6) is 0.932. The smallest absolute Gasteiger partial charge is 0.142 e. The normalized spacial score (nSPS) is 10.4. The molecule has 0 saturated carbocycles. The summed E-state index contributed by atoms with van der Waals surface area (Å²) in [7, 11) is 2.03. The topological polar surface area (TPSA) is 16.1 Å². The summed E-state index contributed by atoms with van der Waals surface area (Å²) >= 11 is 10.4. The van der Waals surface area contributed by atoms with E-state index in [9.17, 15) is 0 Å². The second-order valence-corrected chi connectivity index (χ2v) is 6.63. The van der Waals surface area contributed by atoms with Crippen LogP contribution in [0.15, 0.2) is 49.9 Å².